The van der Waals surface area contributed by atoms with Gasteiger partial charge in [0.25, 0.3) is 0 Å². The maximum Gasteiger partial charge on any atom is 0.318 e. The molecule has 1 atom stereocenters. The van der Waals surface area contributed by atoms with Gasteiger partial charge in [0.1, 0.15) is 5.69 Å². The summed E-state index contributed by atoms with van der Waals surface area (Å²) in [5.41, 5.74) is 1.76. The Bertz CT molecular complexity index is 627. The van der Waals surface area contributed by atoms with Crippen LogP contribution in [-0.2, 0) is 11.3 Å². The smallest absolute Gasteiger partial charge is 0.318 e. The van der Waals surface area contributed by atoms with Crippen LogP contribution in [0, 0.1) is 0 Å². The van der Waals surface area contributed by atoms with Crippen molar-refractivity contribution >= 4 is 6.03 Å². The normalized spacial score (nSPS) is 18.2. The first-order chi connectivity index (χ1) is 10.7. The minimum Gasteiger partial charge on any atom is -0.377 e. The van der Waals surface area contributed by atoms with Crippen molar-refractivity contribution in [3.05, 3.63) is 42.2 Å². The van der Waals surface area contributed by atoms with Crippen molar-refractivity contribution < 1.29 is 14.1 Å². The lowest BCUT2D eigenvalue weighted by atomic mass is 10.1. The quantitative estimate of drug-likeness (QED) is 0.944. The molecule has 1 aromatic carbocycles. The molecule has 2 aromatic rings. The number of hydrogen-bond donors (Lipinski definition) is 1. The topological polar surface area (TPSA) is 67.6 Å². The van der Waals surface area contributed by atoms with Gasteiger partial charge >= 0.3 is 6.03 Å². The van der Waals surface area contributed by atoms with Gasteiger partial charge in [0, 0.05) is 18.2 Å². The van der Waals surface area contributed by atoms with E-state index < -0.39 is 0 Å². The first-order valence-electron chi connectivity index (χ1n) is 7.37. The van der Waals surface area contributed by atoms with E-state index in [4.69, 9.17) is 9.26 Å². The van der Waals surface area contributed by atoms with Crippen LogP contribution in [0.2, 0.25) is 0 Å². The van der Waals surface area contributed by atoms with Crippen LogP contribution in [0.4, 0.5) is 4.79 Å². The summed E-state index contributed by atoms with van der Waals surface area (Å²) in [4.78, 5) is 13.9. The number of nitrogens with zero attached hydrogens (tertiary/aromatic N) is 2. The van der Waals surface area contributed by atoms with Gasteiger partial charge in [-0.2, -0.15) is 0 Å². The first kappa shape index (κ1) is 14.6. The van der Waals surface area contributed by atoms with Crippen molar-refractivity contribution in [1.82, 2.24) is 15.4 Å². The predicted molar refractivity (Wildman–Crippen MR) is 81.2 cm³/mol. The van der Waals surface area contributed by atoms with Crippen molar-refractivity contribution in [2.45, 2.75) is 19.5 Å². The Kier molecular flexibility index (Phi) is 4.39. The van der Waals surface area contributed by atoms with Crippen LogP contribution < -0.4 is 5.32 Å². The van der Waals surface area contributed by atoms with E-state index in [2.05, 4.69) is 10.5 Å². The molecule has 1 N–H and O–H groups in total. The number of hydrogen-bond acceptors (Lipinski definition) is 4. The molecular formula is C16H19N3O3. The first-order valence-corrected chi connectivity index (χ1v) is 7.37. The van der Waals surface area contributed by atoms with Crippen LogP contribution in [0.25, 0.3) is 11.3 Å². The molecular weight excluding hydrogens is 282 g/mol. The molecule has 3 rings (SSSR count). The number of nitrogens with one attached hydrogen (secondary N) is 1. The van der Waals surface area contributed by atoms with Gasteiger partial charge in [0.15, 0.2) is 5.76 Å². The van der Waals surface area contributed by atoms with E-state index in [0.29, 0.717) is 32.1 Å². The molecule has 1 aliphatic rings. The lowest BCUT2D eigenvalue weighted by Crippen LogP contribution is -2.51. The maximum atomic E-state index is 12.2. The van der Waals surface area contributed by atoms with Crippen LogP contribution in [-0.4, -0.2) is 41.9 Å². The fourth-order valence-corrected chi connectivity index (χ4v) is 2.43. The monoisotopic (exact) mass is 301 g/mol. The zero-order valence-electron chi connectivity index (χ0n) is 12.5. The van der Waals surface area contributed by atoms with Crippen molar-refractivity contribution in [1.29, 1.82) is 0 Å². The molecule has 0 radical (unpaired) electrons. The number of rotatable bonds is 3. The van der Waals surface area contributed by atoms with E-state index in [9.17, 15) is 4.79 Å². The second kappa shape index (κ2) is 6.62. The summed E-state index contributed by atoms with van der Waals surface area (Å²) in [6.07, 6.45) is 0. The highest BCUT2D eigenvalue weighted by atomic mass is 16.5. The number of benzene rings is 1. The summed E-state index contributed by atoms with van der Waals surface area (Å²) < 4.78 is 10.6. The van der Waals surface area contributed by atoms with Crippen LogP contribution in [0.5, 0.6) is 0 Å². The molecule has 6 nitrogen and oxygen atoms in total. The molecule has 1 aromatic heterocycles. The summed E-state index contributed by atoms with van der Waals surface area (Å²) in [6.45, 7) is 4.06. The Morgan fingerprint density at radius 3 is 3.00 bits per heavy atom. The molecule has 6 heteroatoms. The zero-order chi connectivity index (χ0) is 15.4. The van der Waals surface area contributed by atoms with Crippen molar-refractivity contribution in [3.63, 3.8) is 0 Å². The van der Waals surface area contributed by atoms with E-state index in [0.717, 1.165) is 11.3 Å². The molecule has 0 bridgehead atoms. The van der Waals surface area contributed by atoms with Gasteiger partial charge < -0.3 is 19.5 Å². The molecule has 1 aliphatic heterocycles. The van der Waals surface area contributed by atoms with E-state index in [1.807, 2.05) is 43.3 Å². The molecule has 0 saturated carbocycles. The Morgan fingerprint density at radius 2 is 2.23 bits per heavy atom. The highest BCUT2D eigenvalue weighted by Crippen LogP contribution is 2.18. The van der Waals surface area contributed by atoms with Crippen LogP contribution in [0.3, 0.4) is 0 Å². The third-order valence-corrected chi connectivity index (χ3v) is 3.67. The van der Waals surface area contributed by atoms with Gasteiger partial charge in [-0.15, -0.1) is 0 Å². The zero-order valence-corrected chi connectivity index (χ0v) is 12.5. The average Bonchev–Trinajstić information content (AvgIpc) is 3.03. The third kappa shape index (κ3) is 3.28. The number of urea groups is 1. The Labute approximate surface area is 129 Å². The van der Waals surface area contributed by atoms with Gasteiger partial charge in [-0.1, -0.05) is 35.5 Å². The third-order valence-electron chi connectivity index (χ3n) is 3.67. The fourth-order valence-electron chi connectivity index (χ4n) is 2.43. The number of carbonyl (C=O) groups excluding carboxylic acids is 1. The molecule has 2 amide bonds. The molecule has 2 heterocycles. The Balaban J connectivity index is 1.58. The summed E-state index contributed by atoms with van der Waals surface area (Å²) >= 11 is 0. The molecule has 1 unspecified atom stereocenters. The number of morpholine rings is 1. The fraction of sp³-hybridized carbons (Fsp3) is 0.375. The predicted octanol–water partition coefficient (Wildman–Crippen LogP) is 2.27. The summed E-state index contributed by atoms with van der Waals surface area (Å²) in [5.74, 6) is 0.633. The lowest BCUT2D eigenvalue weighted by Gasteiger charge is -2.33. The van der Waals surface area contributed by atoms with Gasteiger partial charge in [-0.25, -0.2) is 4.79 Å². The minimum atomic E-state index is -0.103. The maximum absolute atomic E-state index is 12.2. The van der Waals surface area contributed by atoms with Crippen LogP contribution >= 0.6 is 0 Å². The highest BCUT2D eigenvalue weighted by Gasteiger charge is 2.23. The van der Waals surface area contributed by atoms with Gasteiger partial charge in [-0.3, -0.25) is 0 Å². The second-order valence-electron chi connectivity index (χ2n) is 5.32. The summed E-state index contributed by atoms with van der Waals surface area (Å²) in [7, 11) is 0. The Hall–Kier alpha value is -2.34. The molecule has 116 valence electrons. The number of amides is 2. The number of carbonyl (C=O) groups is 1. The minimum absolute atomic E-state index is 0.0864. The average molecular weight is 301 g/mol. The number of ether oxygens (including phenoxy) is 1. The van der Waals surface area contributed by atoms with Crippen molar-refractivity contribution in [2.24, 2.45) is 0 Å². The standard InChI is InChI=1S/C16H19N3O3/c1-12-11-21-8-7-19(12)16(20)17-10-14-9-15(18-22-14)13-5-3-2-4-6-13/h2-6,9,12H,7-8,10-11H2,1H3,(H,17,20). The molecule has 0 aliphatic carbocycles. The van der Waals surface area contributed by atoms with E-state index in [-0.39, 0.29) is 12.1 Å². The van der Waals surface area contributed by atoms with Gasteiger partial charge in [0.2, 0.25) is 0 Å². The van der Waals surface area contributed by atoms with Crippen LogP contribution in [0.15, 0.2) is 40.9 Å². The molecule has 1 saturated heterocycles. The van der Waals surface area contributed by atoms with Crippen molar-refractivity contribution in [3.8, 4) is 11.3 Å². The number of aromatic nitrogens is 1. The molecule has 0 spiro atoms. The van der Waals surface area contributed by atoms with Crippen molar-refractivity contribution in [2.75, 3.05) is 19.8 Å². The van der Waals surface area contributed by atoms with E-state index in [1.54, 1.807) is 4.90 Å². The van der Waals surface area contributed by atoms with Crippen LogP contribution in [0.1, 0.15) is 12.7 Å². The van der Waals surface area contributed by atoms with Gasteiger partial charge in [0.05, 0.1) is 25.8 Å². The van der Waals surface area contributed by atoms with Gasteiger partial charge in [-0.05, 0) is 6.92 Å². The SMILES string of the molecule is CC1COCCN1C(=O)NCc1cc(-c2ccccc2)no1. The summed E-state index contributed by atoms with van der Waals surface area (Å²) in [6, 6.07) is 11.6. The van der Waals surface area contributed by atoms with E-state index in [1.165, 1.54) is 0 Å². The summed E-state index contributed by atoms with van der Waals surface area (Å²) in [5, 5.41) is 6.89. The largest absolute Gasteiger partial charge is 0.377 e. The highest BCUT2D eigenvalue weighted by molar-refractivity contribution is 5.74. The Morgan fingerprint density at radius 1 is 1.41 bits per heavy atom. The lowest BCUT2D eigenvalue weighted by molar-refractivity contribution is 0.0188. The molecule has 1 fully saturated rings. The van der Waals surface area contributed by atoms with E-state index >= 15 is 0 Å². The molecule has 22 heavy (non-hydrogen) atoms. The second-order valence-corrected chi connectivity index (χ2v) is 5.32.